The Labute approximate surface area is 129 Å². The van der Waals surface area contributed by atoms with Crippen LogP contribution in [0.4, 0.5) is 5.69 Å². The number of rotatable bonds is 5. The van der Waals surface area contributed by atoms with Gasteiger partial charge in [0.15, 0.2) is 0 Å². The zero-order valence-electron chi connectivity index (χ0n) is 14.1. The highest BCUT2D eigenvalue weighted by Gasteiger charge is 2.63. The van der Waals surface area contributed by atoms with Crippen LogP contribution in [0.15, 0.2) is 24.3 Å². The molecule has 1 heterocycles. The van der Waals surface area contributed by atoms with Crippen LogP contribution in [0, 0.1) is 16.7 Å². The smallest absolute Gasteiger partial charge is 0.0366 e. The van der Waals surface area contributed by atoms with Crippen molar-refractivity contribution in [1.29, 1.82) is 0 Å². The first-order valence-electron chi connectivity index (χ1n) is 8.47. The highest BCUT2D eigenvalue weighted by molar-refractivity contribution is 5.48. The number of hydrogen-bond acceptors (Lipinski definition) is 2. The molecule has 2 fully saturated rings. The minimum Gasteiger partial charge on any atom is -0.372 e. The Hall–Kier alpha value is -1.02. The Morgan fingerprint density at radius 3 is 2.10 bits per heavy atom. The van der Waals surface area contributed by atoms with Crippen LogP contribution in [0.25, 0.3) is 0 Å². The lowest BCUT2D eigenvalue weighted by Gasteiger charge is -2.17. The molecule has 0 atom stereocenters. The molecule has 2 nitrogen and oxygen atoms in total. The molecule has 3 rings (SSSR count). The first-order chi connectivity index (χ1) is 9.93. The number of hydrogen-bond donors (Lipinski definition) is 1. The summed E-state index contributed by atoms with van der Waals surface area (Å²) in [5.41, 5.74) is 3.76. The highest BCUT2D eigenvalue weighted by Crippen LogP contribution is 2.67. The molecule has 0 radical (unpaired) electrons. The third-order valence-corrected chi connectivity index (χ3v) is 6.40. The summed E-state index contributed by atoms with van der Waals surface area (Å²) in [6, 6.07) is 9.13. The molecule has 1 saturated heterocycles. The van der Waals surface area contributed by atoms with E-state index in [0.29, 0.717) is 10.8 Å². The summed E-state index contributed by atoms with van der Waals surface area (Å²) < 4.78 is 0. The molecule has 0 spiro atoms. The lowest BCUT2D eigenvalue weighted by Crippen LogP contribution is -2.19. The summed E-state index contributed by atoms with van der Waals surface area (Å²) in [6.45, 7) is 14.1. The Morgan fingerprint density at radius 2 is 1.57 bits per heavy atom. The molecule has 1 aromatic carbocycles. The molecule has 0 aromatic heterocycles. The van der Waals surface area contributed by atoms with Crippen molar-refractivity contribution >= 4 is 5.69 Å². The van der Waals surface area contributed by atoms with E-state index in [4.69, 9.17) is 0 Å². The Kier molecular flexibility index (Phi) is 3.77. The maximum absolute atomic E-state index is 3.65. The van der Waals surface area contributed by atoms with Gasteiger partial charge in [-0.2, -0.15) is 0 Å². The molecule has 1 N–H and O–H groups in total. The first kappa shape index (κ1) is 14.9. The number of nitrogens with one attached hydrogen (secondary N) is 1. The van der Waals surface area contributed by atoms with Gasteiger partial charge in [0.2, 0.25) is 0 Å². The van der Waals surface area contributed by atoms with Gasteiger partial charge >= 0.3 is 0 Å². The zero-order valence-corrected chi connectivity index (χ0v) is 14.1. The summed E-state index contributed by atoms with van der Waals surface area (Å²) in [5.74, 6) is 0.800. The van der Waals surface area contributed by atoms with Gasteiger partial charge in [0.05, 0.1) is 0 Å². The van der Waals surface area contributed by atoms with Crippen LogP contribution in [0.5, 0.6) is 0 Å². The topological polar surface area (TPSA) is 15.3 Å². The van der Waals surface area contributed by atoms with Crippen molar-refractivity contribution in [2.24, 2.45) is 16.7 Å². The van der Waals surface area contributed by atoms with Gasteiger partial charge in [0, 0.05) is 25.3 Å². The standard InChI is InChI=1S/C19H30N2/c1-18(2)17(19(18,3)4)14-20-13-15-7-9-16(10-8-15)21-11-5-6-12-21/h7-10,17,20H,5-6,11-14H2,1-4H3. The molecule has 1 saturated carbocycles. The predicted octanol–water partition coefficient (Wildman–Crippen LogP) is 4.06. The molecule has 2 heteroatoms. The molecular formula is C19H30N2. The van der Waals surface area contributed by atoms with E-state index in [2.05, 4.69) is 62.2 Å². The van der Waals surface area contributed by atoms with E-state index in [1.807, 2.05) is 0 Å². The zero-order chi connectivity index (χ0) is 15.1. The molecule has 116 valence electrons. The van der Waals surface area contributed by atoms with Gasteiger partial charge in [-0.15, -0.1) is 0 Å². The van der Waals surface area contributed by atoms with Gasteiger partial charge in [0.1, 0.15) is 0 Å². The van der Waals surface area contributed by atoms with E-state index in [1.165, 1.54) is 37.2 Å². The Morgan fingerprint density at radius 1 is 1.00 bits per heavy atom. The molecule has 1 aliphatic heterocycles. The average Bonchev–Trinajstić information content (AvgIpc) is 2.85. The second-order valence-electron chi connectivity index (χ2n) is 7.99. The van der Waals surface area contributed by atoms with Gasteiger partial charge in [-0.1, -0.05) is 39.8 Å². The first-order valence-corrected chi connectivity index (χ1v) is 8.47. The summed E-state index contributed by atoms with van der Waals surface area (Å²) in [4.78, 5) is 2.49. The molecule has 2 aliphatic rings. The molecular weight excluding hydrogens is 256 g/mol. The normalized spacial score (nSPS) is 23.5. The van der Waals surface area contributed by atoms with E-state index in [0.717, 1.165) is 19.0 Å². The molecule has 1 aliphatic carbocycles. The minimum absolute atomic E-state index is 0.486. The maximum atomic E-state index is 3.65. The van der Waals surface area contributed by atoms with Gasteiger partial charge in [-0.25, -0.2) is 0 Å². The average molecular weight is 286 g/mol. The summed E-state index contributed by atoms with van der Waals surface area (Å²) >= 11 is 0. The van der Waals surface area contributed by atoms with Crippen molar-refractivity contribution in [2.45, 2.75) is 47.1 Å². The third-order valence-electron chi connectivity index (χ3n) is 6.40. The van der Waals surface area contributed by atoms with E-state index in [1.54, 1.807) is 0 Å². The SMILES string of the molecule is CC1(C)C(CNCc2ccc(N3CCCC3)cc2)C1(C)C. The van der Waals surface area contributed by atoms with Crippen LogP contribution >= 0.6 is 0 Å². The molecule has 21 heavy (non-hydrogen) atoms. The summed E-state index contributed by atoms with van der Waals surface area (Å²) in [5, 5.41) is 3.65. The fraction of sp³-hybridized carbons (Fsp3) is 0.684. The van der Waals surface area contributed by atoms with Crippen molar-refractivity contribution in [3.05, 3.63) is 29.8 Å². The van der Waals surface area contributed by atoms with Gasteiger partial charge < -0.3 is 10.2 Å². The second kappa shape index (κ2) is 5.31. The van der Waals surface area contributed by atoms with Crippen LogP contribution in [0.3, 0.4) is 0 Å². The predicted molar refractivity (Wildman–Crippen MR) is 90.6 cm³/mol. The van der Waals surface area contributed by atoms with Gasteiger partial charge in [0.25, 0.3) is 0 Å². The monoisotopic (exact) mass is 286 g/mol. The van der Waals surface area contributed by atoms with Crippen LogP contribution in [0.2, 0.25) is 0 Å². The minimum atomic E-state index is 0.486. The second-order valence-corrected chi connectivity index (χ2v) is 7.99. The fourth-order valence-corrected chi connectivity index (χ4v) is 4.00. The van der Waals surface area contributed by atoms with E-state index in [-0.39, 0.29) is 0 Å². The van der Waals surface area contributed by atoms with Crippen molar-refractivity contribution in [3.8, 4) is 0 Å². The van der Waals surface area contributed by atoms with Gasteiger partial charge in [-0.05, 0) is 53.8 Å². The lowest BCUT2D eigenvalue weighted by atomic mass is 10.0. The van der Waals surface area contributed by atoms with Crippen molar-refractivity contribution in [3.63, 3.8) is 0 Å². The van der Waals surface area contributed by atoms with E-state index in [9.17, 15) is 0 Å². The number of anilines is 1. The van der Waals surface area contributed by atoms with Crippen LogP contribution in [0.1, 0.15) is 46.1 Å². The maximum Gasteiger partial charge on any atom is 0.0366 e. The molecule has 0 unspecified atom stereocenters. The largest absolute Gasteiger partial charge is 0.372 e. The van der Waals surface area contributed by atoms with Gasteiger partial charge in [-0.3, -0.25) is 0 Å². The lowest BCUT2D eigenvalue weighted by molar-refractivity contribution is 0.457. The van der Waals surface area contributed by atoms with Crippen molar-refractivity contribution in [1.82, 2.24) is 5.32 Å². The molecule has 1 aromatic rings. The highest BCUT2D eigenvalue weighted by atomic mass is 15.1. The van der Waals surface area contributed by atoms with Crippen LogP contribution in [-0.4, -0.2) is 19.6 Å². The third kappa shape index (κ3) is 2.70. The van der Waals surface area contributed by atoms with Crippen LogP contribution in [-0.2, 0) is 6.54 Å². The number of nitrogens with zero attached hydrogens (tertiary/aromatic N) is 1. The Bertz CT molecular complexity index is 467. The Balaban J connectivity index is 1.48. The molecule has 0 bridgehead atoms. The number of benzene rings is 1. The quantitative estimate of drug-likeness (QED) is 0.878. The van der Waals surface area contributed by atoms with E-state index < -0.39 is 0 Å². The summed E-state index contributed by atoms with van der Waals surface area (Å²) in [6.07, 6.45) is 2.69. The van der Waals surface area contributed by atoms with Crippen molar-refractivity contribution in [2.75, 3.05) is 24.5 Å². The van der Waals surface area contributed by atoms with Crippen LogP contribution < -0.4 is 10.2 Å². The summed E-state index contributed by atoms with van der Waals surface area (Å²) in [7, 11) is 0. The molecule has 0 amide bonds. The van der Waals surface area contributed by atoms with Crippen molar-refractivity contribution < 1.29 is 0 Å². The van der Waals surface area contributed by atoms with E-state index >= 15 is 0 Å². The fourth-order valence-electron chi connectivity index (χ4n) is 4.00.